The average molecular weight is 270 g/mol. The van der Waals surface area contributed by atoms with Crippen LogP contribution in [0.25, 0.3) is 0 Å². The zero-order chi connectivity index (χ0) is 11.4. The smallest absolute Gasteiger partial charge is 0.126 e. The second kappa shape index (κ2) is 5.16. The number of rotatable bonds is 4. The van der Waals surface area contributed by atoms with Crippen LogP contribution in [0.3, 0.4) is 0 Å². The molecule has 0 atom stereocenters. The van der Waals surface area contributed by atoms with Crippen LogP contribution in [-0.4, -0.2) is 19.4 Å². The van der Waals surface area contributed by atoms with Crippen molar-refractivity contribution in [2.45, 2.75) is 13.3 Å². The lowest BCUT2D eigenvalue weighted by Crippen LogP contribution is -2.23. The molecule has 0 saturated carbocycles. The van der Waals surface area contributed by atoms with Gasteiger partial charge in [0.25, 0.3) is 0 Å². The summed E-state index contributed by atoms with van der Waals surface area (Å²) in [4.78, 5) is 2.11. The highest BCUT2D eigenvalue weighted by Crippen LogP contribution is 2.26. The maximum atomic E-state index is 7.56. The van der Waals surface area contributed by atoms with E-state index in [0.717, 1.165) is 28.7 Å². The normalized spacial score (nSPS) is 10.1. The van der Waals surface area contributed by atoms with Gasteiger partial charge in [0.05, 0.1) is 5.56 Å². The number of hydrogen-bond donors (Lipinski definition) is 2. The van der Waals surface area contributed by atoms with Gasteiger partial charge < -0.3 is 10.6 Å². The van der Waals surface area contributed by atoms with Crippen LogP contribution in [0.4, 0.5) is 5.69 Å². The quantitative estimate of drug-likeness (QED) is 0.652. The van der Waals surface area contributed by atoms with E-state index in [1.165, 1.54) is 0 Å². The summed E-state index contributed by atoms with van der Waals surface area (Å²) in [5.74, 6) is 0.0976. The van der Waals surface area contributed by atoms with Crippen LogP contribution in [0, 0.1) is 5.41 Å². The van der Waals surface area contributed by atoms with Crippen LogP contribution in [0.2, 0.25) is 0 Å². The summed E-state index contributed by atoms with van der Waals surface area (Å²) >= 11 is 3.42. The predicted octanol–water partition coefficient (Wildman–Crippen LogP) is 2.58. The Bertz CT molecular complexity index is 363. The minimum atomic E-state index is 0.0976. The Morgan fingerprint density at radius 3 is 2.73 bits per heavy atom. The van der Waals surface area contributed by atoms with Crippen molar-refractivity contribution in [3.8, 4) is 0 Å². The first-order valence-corrected chi connectivity index (χ1v) is 5.71. The fourth-order valence-corrected chi connectivity index (χ4v) is 2.12. The molecule has 0 unspecified atom stereocenters. The number of halogens is 1. The molecule has 15 heavy (non-hydrogen) atoms. The molecule has 0 fully saturated rings. The lowest BCUT2D eigenvalue weighted by Gasteiger charge is -2.22. The minimum Gasteiger partial charge on any atom is -0.384 e. The largest absolute Gasteiger partial charge is 0.384 e. The van der Waals surface area contributed by atoms with Crippen molar-refractivity contribution in [3.63, 3.8) is 0 Å². The summed E-state index contributed by atoms with van der Waals surface area (Å²) < 4.78 is 0.871. The third-order valence-corrected chi connectivity index (χ3v) is 2.89. The molecule has 0 bridgehead atoms. The summed E-state index contributed by atoms with van der Waals surface area (Å²) in [5, 5.41) is 7.56. The van der Waals surface area contributed by atoms with Crippen LogP contribution < -0.4 is 10.6 Å². The molecule has 0 aliphatic rings. The average Bonchev–Trinajstić information content (AvgIpc) is 2.17. The molecule has 0 heterocycles. The monoisotopic (exact) mass is 269 g/mol. The van der Waals surface area contributed by atoms with Gasteiger partial charge >= 0.3 is 0 Å². The van der Waals surface area contributed by atoms with Crippen molar-refractivity contribution in [2.24, 2.45) is 5.73 Å². The Morgan fingerprint density at radius 1 is 1.53 bits per heavy atom. The van der Waals surface area contributed by atoms with Crippen molar-refractivity contribution >= 4 is 27.5 Å². The Hall–Kier alpha value is -1.03. The molecule has 1 aromatic carbocycles. The van der Waals surface area contributed by atoms with Gasteiger partial charge in [-0.05, 0) is 34.5 Å². The third-order valence-electron chi connectivity index (χ3n) is 2.23. The van der Waals surface area contributed by atoms with Gasteiger partial charge in [-0.15, -0.1) is 0 Å². The van der Waals surface area contributed by atoms with E-state index in [9.17, 15) is 0 Å². The first-order valence-electron chi connectivity index (χ1n) is 4.92. The number of nitrogens with one attached hydrogen (secondary N) is 1. The highest BCUT2D eigenvalue weighted by molar-refractivity contribution is 9.10. The summed E-state index contributed by atoms with van der Waals surface area (Å²) in [6.07, 6.45) is 1.07. The maximum absolute atomic E-state index is 7.56. The number of benzene rings is 1. The van der Waals surface area contributed by atoms with Crippen LogP contribution >= 0.6 is 15.9 Å². The molecule has 1 aromatic rings. The van der Waals surface area contributed by atoms with E-state index in [-0.39, 0.29) is 5.84 Å². The van der Waals surface area contributed by atoms with Crippen molar-refractivity contribution in [1.29, 1.82) is 5.41 Å². The lowest BCUT2D eigenvalue weighted by atomic mass is 10.1. The minimum absolute atomic E-state index is 0.0976. The zero-order valence-corrected chi connectivity index (χ0v) is 10.6. The van der Waals surface area contributed by atoms with E-state index < -0.39 is 0 Å². The van der Waals surface area contributed by atoms with Gasteiger partial charge in [0.2, 0.25) is 0 Å². The summed E-state index contributed by atoms with van der Waals surface area (Å²) in [5.41, 5.74) is 7.35. The first kappa shape index (κ1) is 12.0. The van der Waals surface area contributed by atoms with Gasteiger partial charge in [0.15, 0.2) is 0 Å². The van der Waals surface area contributed by atoms with Crippen LogP contribution in [-0.2, 0) is 0 Å². The van der Waals surface area contributed by atoms with E-state index >= 15 is 0 Å². The summed E-state index contributed by atoms with van der Waals surface area (Å²) in [7, 11) is 2.01. The molecule has 0 amide bonds. The molecule has 3 N–H and O–H groups in total. The number of hydrogen-bond acceptors (Lipinski definition) is 2. The van der Waals surface area contributed by atoms with Crippen molar-refractivity contribution in [3.05, 3.63) is 28.2 Å². The molecule has 0 aliphatic carbocycles. The van der Waals surface area contributed by atoms with E-state index in [1.807, 2.05) is 25.2 Å². The number of nitrogen functional groups attached to an aromatic ring is 1. The van der Waals surface area contributed by atoms with E-state index in [4.69, 9.17) is 11.1 Å². The predicted molar refractivity (Wildman–Crippen MR) is 68.7 cm³/mol. The fourth-order valence-electron chi connectivity index (χ4n) is 1.55. The molecular formula is C11H16BrN3. The second-order valence-electron chi connectivity index (χ2n) is 3.47. The molecule has 1 rings (SSSR count). The highest BCUT2D eigenvalue weighted by Gasteiger charge is 2.12. The van der Waals surface area contributed by atoms with Gasteiger partial charge in [0.1, 0.15) is 5.84 Å². The molecule has 0 saturated heterocycles. The highest BCUT2D eigenvalue weighted by atomic mass is 79.9. The first-order chi connectivity index (χ1) is 7.07. The van der Waals surface area contributed by atoms with Gasteiger partial charge in [-0.25, -0.2) is 0 Å². The Kier molecular flexibility index (Phi) is 4.15. The van der Waals surface area contributed by atoms with Gasteiger partial charge in [-0.3, -0.25) is 5.41 Å². The van der Waals surface area contributed by atoms with Gasteiger partial charge in [0, 0.05) is 23.8 Å². The van der Waals surface area contributed by atoms with Crippen molar-refractivity contribution in [1.82, 2.24) is 0 Å². The Labute approximate surface area is 98.9 Å². The third kappa shape index (κ3) is 2.72. The molecule has 82 valence electrons. The maximum Gasteiger partial charge on any atom is 0.126 e. The molecule has 0 radical (unpaired) electrons. The molecule has 0 spiro atoms. The summed E-state index contributed by atoms with van der Waals surface area (Å²) in [6, 6.07) is 5.84. The van der Waals surface area contributed by atoms with E-state index in [2.05, 4.69) is 27.8 Å². The molecule has 3 nitrogen and oxygen atoms in total. The standard InChI is InChI=1S/C11H16BrN3/c1-3-7-15(2)9-6-4-5-8(12)10(9)11(13)14/h4-6H,3,7H2,1-2H3,(H3,13,14). The van der Waals surface area contributed by atoms with E-state index in [0.29, 0.717) is 0 Å². The van der Waals surface area contributed by atoms with Crippen LogP contribution in [0.1, 0.15) is 18.9 Å². The van der Waals surface area contributed by atoms with Gasteiger partial charge in [-0.2, -0.15) is 0 Å². The Morgan fingerprint density at radius 2 is 2.20 bits per heavy atom. The molecule has 4 heteroatoms. The second-order valence-corrected chi connectivity index (χ2v) is 4.32. The number of nitrogens with two attached hydrogens (primary N) is 1. The topological polar surface area (TPSA) is 53.1 Å². The molecule has 0 aromatic heterocycles. The van der Waals surface area contributed by atoms with E-state index in [1.54, 1.807) is 0 Å². The van der Waals surface area contributed by atoms with Gasteiger partial charge in [-0.1, -0.05) is 13.0 Å². The molecular weight excluding hydrogens is 254 g/mol. The number of amidine groups is 1. The fraction of sp³-hybridized carbons (Fsp3) is 0.364. The Balaban J connectivity index is 3.16. The SMILES string of the molecule is CCCN(C)c1cccc(Br)c1C(=N)N. The van der Waals surface area contributed by atoms with Crippen molar-refractivity contribution < 1.29 is 0 Å². The summed E-state index contributed by atoms with van der Waals surface area (Å²) in [6.45, 7) is 3.08. The van der Waals surface area contributed by atoms with Crippen LogP contribution in [0.5, 0.6) is 0 Å². The molecule has 0 aliphatic heterocycles. The number of anilines is 1. The number of nitrogens with zero attached hydrogens (tertiary/aromatic N) is 1. The lowest BCUT2D eigenvalue weighted by molar-refractivity contribution is 0.851. The van der Waals surface area contributed by atoms with Crippen molar-refractivity contribution in [2.75, 3.05) is 18.5 Å². The van der Waals surface area contributed by atoms with Crippen LogP contribution in [0.15, 0.2) is 22.7 Å². The zero-order valence-electron chi connectivity index (χ0n) is 9.05.